The molecule has 2 rings (SSSR count). The first-order chi connectivity index (χ1) is 9.52. The topological polar surface area (TPSA) is 26.3 Å². The van der Waals surface area contributed by atoms with Crippen molar-refractivity contribution >= 4 is 17.4 Å². The van der Waals surface area contributed by atoms with Gasteiger partial charge in [0.25, 0.3) is 0 Å². The van der Waals surface area contributed by atoms with Gasteiger partial charge >= 0.3 is 0 Å². The average Bonchev–Trinajstić information content (AvgIpc) is 2.43. The van der Waals surface area contributed by atoms with Crippen LogP contribution in [0, 0.1) is 11.6 Å². The smallest absolute Gasteiger partial charge is 0.170 e. The van der Waals surface area contributed by atoms with E-state index >= 15 is 0 Å². The lowest BCUT2D eigenvalue weighted by atomic mass is 10.0. The quantitative estimate of drug-likeness (QED) is 0.796. The van der Waals surface area contributed by atoms with E-state index in [-0.39, 0.29) is 22.6 Å². The maximum absolute atomic E-state index is 13.7. The van der Waals surface area contributed by atoms with Crippen LogP contribution in [-0.4, -0.2) is 12.9 Å². The number of ketones is 1. The maximum atomic E-state index is 13.7. The summed E-state index contributed by atoms with van der Waals surface area (Å²) in [6.45, 7) is 0. The van der Waals surface area contributed by atoms with E-state index < -0.39 is 17.4 Å². The first kappa shape index (κ1) is 14.5. The highest BCUT2D eigenvalue weighted by molar-refractivity contribution is 6.30. The fraction of sp³-hybridized carbons (Fsp3) is 0.133. The Morgan fingerprint density at radius 2 is 2.00 bits per heavy atom. The number of rotatable bonds is 4. The van der Waals surface area contributed by atoms with Gasteiger partial charge in [-0.05, 0) is 23.8 Å². The number of methoxy groups -OCH3 is 1. The molecule has 0 aliphatic rings. The van der Waals surface area contributed by atoms with Crippen molar-refractivity contribution in [3.05, 3.63) is 64.2 Å². The molecule has 0 spiro atoms. The summed E-state index contributed by atoms with van der Waals surface area (Å²) in [4.78, 5) is 12.0. The molecule has 5 heteroatoms. The number of carbonyl (C=O) groups is 1. The van der Waals surface area contributed by atoms with Crippen LogP contribution in [0.15, 0.2) is 36.4 Å². The predicted molar refractivity (Wildman–Crippen MR) is 72.4 cm³/mol. The van der Waals surface area contributed by atoms with Crippen LogP contribution in [0.25, 0.3) is 0 Å². The Kier molecular flexibility index (Phi) is 4.35. The van der Waals surface area contributed by atoms with Crippen LogP contribution in [0.3, 0.4) is 0 Å². The zero-order chi connectivity index (χ0) is 14.7. The molecule has 20 heavy (non-hydrogen) atoms. The minimum absolute atomic E-state index is 0.0643. The standard InChI is InChI=1S/C15H11ClF2O2/c1-20-10-5-6-11(13(17)8-10)14(19)7-9-3-2-4-12(16)15(9)18/h2-6,8H,7H2,1H3. The third-order valence-corrected chi connectivity index (χ3v) is 3.15. The fourth-order valence-corrected chi connectivity index (χ4v) is 2.00. The molecule has 0 atom stereocenters. The molecular weight excluding hydrogens is 286 g/mol. The molecule has 0 radical (unpaired) electrons. The summed E-state index contributed by atoms with van der Waals surface area (Å²) >= 11 is 5.64. The van der Waals surface area contributed by atoms with E-state index in [0.29, 0.717) is 5.75 Å². The molecule has 0 saturated heterocycles. The summed E-state index contributed by atoms with van der Waals surface area (Å²) in [5.41, 5.74) is 0.0305. The van der Waals surface area contributed by atoms with E-state index in [1.54, 1.807) is 6.07 Å². The number of hydrogen-bond donors (Lipinski definition) is 0. The maximum Gasteiger partial charge on any atom is 0.170 e. The lowest BCUT2D eigenvalue weighted by molar-refractivity contribution is 0.0988. The SMILES string of the molecule is COc1ccc(C(=O)Cc2cccc(Cl)c2F)c(F)c1. The second-order valence-corrected chi connectivity index (χ2v) is 4.57. The van der Waals surface area contributed by atoms with E-state index in [4.69, 9.17) is 16.3 Å². The van der Waals surface area contributed by atoms with Gasteiger partial charge in [-0.3, -0.25) is 4.79 Å². The van der Waals surface area contributed by atoms with Gasteiger partial charge in [-0.2, -0.15) is 0 Å². The van der Waals surface area contributed by atoms with Crippen LogP contribution < -0.4 is 4.74 Å². The summed E-state index contributed by atoms with van der Waals surface area (Å²) in [7, 11) is 1.40. The van der Waals surface area contributed by atoms with Crippen LogP contribution in [0.1, 0.15) is 15.9 Å². The summed E-state index contributed by atoms with van der Waals surface area (Å²) in [6.07, 6.45) is -0.254. The van der Waals surface area contributed by atoms with Gasteiger partial charge in [-0.25, -0.2) is 8.78 Å². The third kappa shape index (κ3) is 2.96. The second kappa shape index (κ2) is 6.01. The molecular formula is C15H11ClF2O2. The van der Waals surface area contributed by atoms with Crippen LogP contribution in [0.4, 0.5) is 8.78 Å². The van der Waals surface area contributed by atoms with Gasteiger partial charge in [-0.1, -0.05) is 23.7 Å². The Morgan fingerprint density at radius 3 is 2.65 bits per heavy atom. The van der Waals surface area contributed by atoms with Crippen molar-refractivity contribution in [2.24, 2.45) is 0 Å². The highest BCUT2D eigenvalue weighted by Crippen LogP contribution is 2.21. The highest BCUT2D eigenvalue weighted by Gasteiger charge is 2.16. The van der Waals surface area contributed by atoms with Gasteiger partial charge in [-0.15, -0.1) is 0 Å². The number of ether oxygens (including phenoxy) is 1. The normalized spacial score (nSPS) is 10.4. The molecule has 0 aliphatic carbocycles. The number of hydrogen-bond acceptors (Lipinski definition) is 2. The second-order valence-electron chi connectivity index (χ2n) is 4.16. The highest BCUT2D eigenvalue weighted by atomic mass is 35.5. The van der Waals surface area contributed by atoms with E-state index in [2.05, 4.69) is 0 Å². The van der Waals surface area contributed by atoms with Crippen LogP contribution in [-0.2, 0) is 6.42 Å². The van der Waals surface area contributed by atoms with E-state index in [9.17, 15) is 13.6 Å². The number of Topliss-reactive ketones (excluding diaryl/α,β-unsaturated/α-hetero) is 1. The van der Waals surface area contributed by atoms with Crippen molar-refractivity contribution in [3.63, 3.8) is 0 Å². The van der Waals surface area contributed by atoms with Gasteiger partial charge in [0.15, 0.2) is 5.78 Å². The summed E-state index contributed by atoms with van der Waals surface area (Å²) in [5, 5.41) is -0.0643. The van der Waals surface area contributed by atoms with Gasteiger partial charge in [0, 0.05) is 12.5 Å². The van der Waals surface area contributed by atoms with Crippen molar-refractivity contribution < 1.29 is 18.3 Å². The Morgan fingerprint density at radius 1 is 1.25 bits per heavy atom. The summed E-state index contributed by atoms with van der Waals surface area (Å²) < 4.78 is 32.3. The molecule has 0 amide bonds. The molecule has 0 unspecified atom stereocenters. The molecule has 0 aromatic heterocycles. The number of benzene rings is 2. The summed E-state index contributed by atoms with van der Waals surface area (Å²) in [6, 6.07) is 8.28. The molecule has 2 aromatic carbocycles. The van der Waals surface area contributed by atoms with Crippen molar-refractivity contribution in [1.29, 1.82) is 0 Å². The van der Waals surface area contributed by atoms with Crippen molar-refractivity contribution in [1.82, 2.24) is 0 Å². The third-order valence-electron chi connectivity index (χ3n) is 2.86. The zero-order valence-corrected chi connectivity index (χ0v) is 11.4. The molecule has 0 saturated carbocycles. The Bertz CT molecular complexity index is 656. The van der Waals surface area contributed by atoms with Crippen LogP contribution in [0.2, 0.25) is 5.02 Å². The lowest BCUT2D eigenvalue weighted by Crippen LogP contribution is -2.08. The van der Waals surface area contributed by atoms with Gasteiger partial charge in [0.1, 0.15) is 17.4 Å². The molecule has 0 fully saturated rings. The van der Waals surface area contributed by atoms with Gasteiger partial charge in [0.05, 0.1) is 17.7 Å². The van der Waals surface area contributed by atoms with Crippen molar-refractivity contribution in [2.45, 2.75) is 6.42 Å². The molecule has 104 valence electrons. The van der Waals surface area contributed by atoms with E-state index in [1.165, 1.54) is 31.4 Å². The number of halogens is 3. The van der Waals surface area contributed by atoms with Crippen LogP contribution >= 0.6 is 11.6 Å². The molecule has 2 nitrogen and oxygen atoms in total. The predicted octanol–water partition coefficient (Wildman–Crippen LogP) is 4.05. The first-order valence-electron chi connectivity index (χ1n) is 5.82. The monoisotopic (exact) mass is 296 g/mol. The van der Waals surface area contributed by atoms with Crippen molar-refractivity contribution in [2.75, 3.05) is 7.11 Å². The Labute approximate surface area is 119 Å². The summed E-state index contributed by atoms with van der Waals surface area (Å²) in [5.74, 6) is -1.56. The molecule has 0 bridgehead atoms. The number of carbonyl (C=O) groups excluding carboxylic acids is 1. The Hall–Kier alpha value is -1.94. The lowest BCUT2D eigenvalue weighted by Gasteiger charge is -2.06. The molecule has 0 heterocycles. The fourth-order valence-electron chi connectivity index (χ4n) is 1.80. The van der Waals surface area contributed by atoms with E-state index in [1.807, 2.05) is 0 Å². The zero-order valence-electron chi connectivity index (χ0n) is 10.6. The van der Waals surface area contributed by atoms with E-state index in [0.717, 1.165) is 6.07 Å². The first-order valence-corrected chi connectivity index (χ1v) is 6.20. The molecule has 0 N–H and O–H groups in total. The van der Waals surface area contributed by atoms with Gasteiger partial charge < -0.3 is 4.74 Å². The minimum atomic E-state index is -0.697. The van der Waals surface area contributed by atoms with Gasteiger partial charge in [0.2, 0.25) is 0 Å². The minimum Gasteiger partial charge on any atom is -0.497 e. The molecule has 2 aromatic rings. The average molecular weight is 297 g/mol. The Balaban J connectivity index is 2.26. The largest absolute Gasteiger partial charge is 0.497 e. The molecule has 0 aliphatic heterocycles. The van der Waals surface area contributed by atoms with Crippen LogP contribution in [0.5, 0.6) is 5.75 Å². The van der Waals surface area contributed by atoms with Crippen molar-refractivity contribution in [3.8, 4) is 5.75 Å².